The normalized spacial score (nSPS) is 18.3. The van der Waals surface area contributed by atoms with E-state index in [2.05, 4.69) is 15.6 Å². The number of nitrogens with zero attached hydrogens (tertiary/aromatic N) is 3. The van der Waals surface area contributed by atoms with Gasteiger partial charge < -0.3 is 4.57 Å². The molecule has 2 aromatic rings. The predicted molar refractivity (Wildman–Crippen MR) is 83.5 cm³/mol. The van der Waals surface area contributed by atoms with Gasteiger partial charge in [0.05, 0.1) is 23.1 Å². The molecule has 1 saturated heterocycles. The maximum absolute atomic E-state index is 11.9. The number of hydrogen-bond donors (Lipinski definition) is 0. The minimum atomic E-state index is -3.03. The molecule has 1 fully saturated rings. The van der Waals surface area contributed by atoms with Crippen LogP contribution in [0.5, 0.6) is 0 Å². The Bertz CT molecular complexity index is 715. The molecule has 3 rings (SSSR count). The number of imidazole rings is 1. The molecule has 114 valence electrons. The van der Waals surface area contributed by atoms with E-state index in [0.717, 1.165) is 30.4 Å². The van der Waals surface area contributed by atoms with Gasteiger partial charge >= 0.3 is 0 Å². The molecular weight excluding hydrogens is 286 g/mol. The summed E-state index contributed by atoms with van der Waals surface area (Å²) < 4.78 is 27.5. The summed E-state index contributed by atoms with van der Waals surface area (Å²) in [6.07, 6.45) is 3.73. The number of aromatic nitrogens is 2. The molecule has 1 aliphatic rings. The number of para-hydroxylation sites is 2. The van der Waals surface area contributed by atoms with Crippen molar-refractivity contribution in [3.8, 4) is 0 Å². The lowest BCUT2D eigenvalue weighted by molar-refractivity contribution is 0.254. The van der Waals surface area contributed by atoms with Gasteiger partial charge in [0.1, 0.15) is 0 Å². The molecule has 1 aromatic carbocycles. The highest BCUT2D eigenvalue weighted by Gasteiger charge is 2.26. The van der Waals surface area contributed by atoms with Crippen LogP contribution < -0.4 is 0 Å². The van der Waals surface area contributed by atoms with Gasteiger partial charge in [-0.3, -0.25) is 0 Å². The van der Waals surface area contributed by atoms with Gasteiger partial charge in [0.2, 0.25) is 10.0 Å². The number of hydrogen-bond acceptors (Lipinski definition) is 3. The van der Waals surface area contributed by atoms with Gasteiger partial charge in [-0.25, -0.2) is 17.7 Å². The topological polar surface area (TPSA) is 55.2 Å². The second-order valence-corrected chi connectivity index (χ2v) is 7.89. The van der Waals surface area contributed by atoms with Crippen LogP contribution in [-0.2, 0) is 16.6 Å². The van der Waals surface area contributed by atoms with E-state index in [0.29, 0.717) is 19.0 Å². The molecule has 21 heavy (non-hydrogen) atoms. The lowest BCUT2D eigenvalue weighted by Gasteiger charge is -2.31. The Hall–Kier alpha value is -1.40. The van der Waals surface area contributed by atoms with Crippen LogP contribution in [0, 0.1) is 5.92 Å². The molecule has 0 spiro atoms. The molecule has 1 aromatic heterocycles. The van der Waals surface area contributed by atoms with Crippen molar-refractivity contribution in [3.05, 3.63) is 30.6 Å². The van der Waals surface area contributed by atoms with E-state index in [-0.39, 0.29) is 5.75 Å². The van der Waals surface area contributed by atoms with Crippen LogP contribution in [0.3, 0.4) is 0 Å². The van der Waals surface area contributed by atoms with Crippen LogP contribution >= 0.6 is 0 Å². The quantitative estimate of drug-likeness (QED) is 0.869. The molecular formula is C15H21N3O2S. The number of rotatable bonds is 4. The zero-order valence-electron chi connectivity index (χ0n) is 12.3. The maximum atomic E-state index is 11.9. The molecule has 5 nitrogen and oxygen atoms in total. The Morgan fingerprint density at radius 2 is 1.95 bits per heavy atom. The molecule has 2 heterocycles. The monoisotopic (exact) mass is 307 g/mol. The van der Waals surface area contributed by atoms with Gasteiger partial charge in [0.25, 0.3) is 0 Å². The number of fused-ring (bicyclic) bond motifs is 1. The van der Waals surface area contributed by atoms with E-state index in [1.54, 1.807) is 11.2 Å². The van der Waals surface area contributed by atoms with Crippen molar-refractivity contribution in [2.45, 2.75) is 26.3 Å². The third-order valence-corrected chi connectivity index (χ3v) is 6.20. The van der Waals surface area contributed by atoms with Gasteiger partial charge in [0, 0.05) is 19.6 Å². The fourth-order valence-corrected chi connectivity index (χ4v) is 4.12. The fourth-order valence-electron chi connectivity index (χ4n) is 2.99. The Labute approximate surface area is 125 Å². The number of piperidine rings is 1. The minimum Gasteiger partial charge on any atom is -0.330 e. The van der Waals surface area contributed by atoms with Crippen LogP contribution in [0.2, 0.25) is 0 Å². The van der Waals surface area contributed by atoms with Gasteiger partial charge in [0.15, 0.2) is 0 Å². The van der Waals surface area contributed by atoms with E-state index in [9.17, 15) is 8.42 Å². The molecule has 0 atom stereocenters. The molecule has 0 unspecified atom stereocenters. The first kappa shape index (κ1) is 14.5. The molecule has 0 aliphatic carbocycles. The summed E-state index contributed by atoms with van der Waals surface area (Å²) >= 11 is 0. The van der Waals surface area contributed by atoms with Gasteiger partial charge in [-0.05, 0) is 37.8 Å². The lowest BCUT2D eigenvalue weighted by Crippen LogP contribution is -2.40. The van der Waals surface area contributed by atoms with Gasteiger partial charge in [-0.1, -0.05) is 12.1 Å². The second kappa shape index (κ2) is 5.77. The van der Waals surface area contributed by atoms with E-state index in [4.69, 9.17) is 0 Å². The number of benzene rings is 1. The minimum absolute atomic E-state index is 0.198. The van der Waals surface area contributed by atoms with Crippen molar-refractivity contribution >= 4 is 21.1 Å². The Kier molecular flexibility index (Phi) is 3.99. The highest BCUT2D eigenvalue weighted by atomic mass is 32.2. The van der Waals surface area contributed by atoms with Crippen molar-refractivity contribution in [1.29, 1.82) is 0 Å². The van der Waals surface area contributed by atoms with Crippen molar-refractivity contribution in [2.75, 3.05) is 18.8 Å². The van der Waals surface area contributed by atoms with Gasteiger partial charge in [-0.15, -0.1) is 0 Å². The molecule has 1 aliphatic heterocycles. The van der Waals surface area contributed by atoms with E-state index >= 15 is 0 Å². The van der Waals surface area contributed by atoms with Crippen molar-refractivity contribution in [2.24, 2.45) is 5.92 Å². The summed E-state index contributed by atoms with van der Waals surface area (Å²) in [5, 5.41) is 0. The maximum Gasteiger partial charge on any atom is 0.213 e. The first-order chi connectivity index (χ1) is 10.1. The standard InChI is InChI=1S/C15H21N3O2S/c1-2-21(19,20)18-9-7-13(8-10-18)11-17-12-16-14-5-3-4-6-15(14)17/h3-6,12-13H,2,7-11H2,1H3. The van der Waals surface area contributed by atoms with Crippen molar-refractivity contribution in [3.63, 3.8) is 0 Å². The second-order valence-electron chi connectivity index (χ2n) is 5.63. The predicted octanol–water partition coefficient (Wildman–Crippen LogP) is 2.10. The highest BCUT2D eigenvalue weighted by molar-refractivity contribution is 7.89. The van der Waals surface area contributed by atoms with Crippen molar-refractivity contribution < 1.29 is 8.42 Å². The van der Waals surface area contributed by atoms with Crippen LogP contribution in [0.25, 0.3) is 11.0 Å². The summed E-state index contributed by atoms with van der Waals surface area (Å²) in [6.45, 7) is 3.92. The first-order valence-corrected chi connectivity index (χ1v) is 9.09. The third kappa shape index (κ3) is 2.96. The molecule has 6 heteroatoms. The van der Waals surface area contributed by atoms with Crippen LogP contribution in [0.15, 0.2) is 30.6 Å². The van der Waals surface area contributed by atoms with E-state index < -0.39 is 10.0 Å². The average Bonchev–Trinajstić information content (AvgIpc) is 2.91. The van der Waals surface area contributed by atoms with Crippen molar-refractivity contribution in [1.82, 2.24) is 13.9 Å². The van der Waals surface area contributed by atoms with Crippen LogP contribution in [0.1, 0.15) is 19.8 Å². The first-order valence-electron chi connectivity index (χ1n) is 7.48. The zero-order chi connectivity index (χ0) is 14.9. The Morgan fingerprint density at radius 1 is 1.24 bits per heavy atom. The highest BCUT2D eigenvalue weighted by Crippen LogP contribution is 2.23. The smallest absolute Gasteiger partial charge is 0.213 e. The molecule has 0 radical (unpaired) electrons. The van der Waals surface area contributed by atoms with E-state index in [1.165, 1.54) is 0 Å². The Morgan fingerprint density at radius 3 is 2.67 bits per heavy atom. The third-order valence-electron chi connectivity index (χ3n) is 4.31. The Balaban J connectivity index is 1.66. The summed E-state index contributed by atoms with van der Waals surface area (Å²) in [5.41, 5.74) is 2.17. The largest absolute Gasteiger partial charge is 0.330 e. The van der Waals surface area contributed by atoms with Crippen LogP contribution in [0.4, 0.5) is 0 Å². The fraction of sp³-hybridized carbons (Fsp3) is 0.533. The summed E-state index contributed by atoms with van der Waals surface area (Å²) in [5.74, 6) is 0.718. The molecule has 0 bridgehead atoms. The molecule has 0 saturated carbocycles. The van der Waals surface area contributed by atoms with E-state index in [1.807, 2.05) is 24.5 Å². The summed E-state index contributed by atoms with van der Waals surface area (Å²) in [6, 6.07) is 8.12. The molecule has 0 N–H and O–H groups in total. The SMILES string of the molecule is CCS(=O)(=O)N1CCC(Cn2cnc3ccccc32)CC1. The van der Waals surface area contributed by atoms with Crippen LogP contribution in [-0.4, -0.2) is 41.1 Å². The lowest BCUT2D eigenvalue weighted by atomic mass is 9.98. The average molecular weight is 307 g/mol. The summed E-state index contributed by atoms with van der Waals surface area (Å²) in [7, 11) is -3.03. The summed E-state index contributed by atoms with van der Waals surface area (Å²) in [4.78, 5) is 4.41. The number of sulfonamides is 1. The van der Waals surface area contributed by atoms with Gasteiger partial charge in [-0.2, -0.15) is 0 Å². The zero-order valence-corrected chi connectivity index (χ0v) is 13.1. The molecule has 0 amide bonds.